The number of carbonyl (C=O) groups excluding carboxylic acids is 1. The Morgan fingerprint density at radius 2 is 1.82 bits per heavy atom. The number of hydrogen-bond donors (Lipinski definition) is 2. The highest BCUT2D eigenvalue weighted by atomic mass is 16.7. The number of ether oxygens (including phenoxy) is 3. The largest absolute Gasteiger partial charge is 0.492 e. The molecule has 3 aliphatic carbocycles. The second-order valence-corrected chi connectivity index (χ2v) is 17.9. The lowest BCUT2D eigenvalue weighted by Crippen LogP contribution is -2.70. The molecule has 1 saturated heterocycles. The minimum atomic E-state index is -1.31. The van der Waals surface area contributed by atoms with Gasteiger partial charge in [-0.3, -0.25) is 19.8 Å². The van der Waals surface area contributed by atoms with Crippen molar-refractivity contribution in [2.24, 2.45) is 28.8 Å². The number of carbonyl (C=O) groups is 1. The predicted octanol–water partition coefficient (Wildman–Crippen LogP) is 8.33. The van der Waals surface area contributed by atoms with Gasteiger partial charge in [0.25, 0.3) is 5.69 Å². The summed E-state index contributed by atoms with van der Waals surface area (Å²) in [6, 6.07) is 11.9. The van der Waals surface area contributed by atoms with E-state index in [4.69, 9.17) is 24.2 Å². The maximum Gasteiger partial charge on any atom is 0.269 e. The Balaban J connectivity index is 1.36. The molecule has 2 heterocycles. The summed E-state index contributed by atoms with van der Waals surface area (Å²) in [4.78, 5) is 36.3. The first-order valence-electron chi connectivity index (χ1n) is 23.4. The number of aliphatic hydroxyl groups is 2. The van der Waals surface area contributed by atoms with Crippen LogP contribution in [0.2, 0.25) is 0 Å². The lowest BCUT2D eigenvalue weighted by Gasteiger charge is -2.60. The predicted molar refractivity (Wildman–Crippen MR) is 238 cm³/mol. The van der Waals surface area contributed by atoms with Gasteiger partial charge in [-0.15, -0.1) is 6.58 Å². The number of aliphatic hydroxyl groups excluding tert-OH is 2. The number of benzene rings is 2. The van der Waals surface area contributed by atoms with Crippen molar-refractivity contribution in [2.75, 3.05) is 52.6 Å². The van der Waals surface area contributed by atoms with Crippen LogP contribution in [0.5, 0.6) is 11.5 Å². The third kappa shape index (κ3) is 10.7. The van der Waals surface area contributed by atoms with Crippen LogP contribution in [0.15, 0.2) is 71.9 Å². The number of allylic oxidation sites excluding steroid dienone is 1. The van der Waals surface area contributed by atoms with Gasteiger partial charge in [-0.05, 0) is 97.7 Å². The van der Waals surface area contributed by atoms with Crippen LogP contribution in [-0.4, -0.2) is 101 Å². The molecule has 2 aromatic rings. The molecule has 3 fully saturated rings. The standard InChI is InChI=1S/C49H68N4O9/c1-3-23-52(46(56)22-17-35-11-5-6-12-35)45-33-43(50-61-34-36-15-18-38(19-16-36)53(57)58)41-31-37(13-7-9-27-54)40(14-8-10-28-55)47-42-32-39(59-30-26-51-24-25-51)20-21-44(42)62-49(45,48(41)47)60-29-4-2/h4,15-16,18-21,31-32,35,37,40,45,47-48,54-55H,2-3,5-14,17,22-30,33-34H2,1H3. The number of nitro groups is 1. The molecule has 13 nitrogen and oxygen atoms in total. The molecule has 0 aromatic heterocycles. The third-order valence-corrected chi connectivity index (χ3v) is 13.8. The van der Waals surface area contributed by atoms with Gasteiger partial charge in [-0.2, -0.15) is 0 Å². The van der Waals surface area contributed by atoms with Crippen molar-refractivity contribution < 1.29 is 39.0 Å². The monoisotopic (exact) mass is 856 g/mol. The maximum absolute atomic E-state index is 14.8. The summed E-state index contributed by atoms with van der Waals surface area (Å²) < 4.78 is 20.9. The molecule has 2 N–H and O–H groups in total. The topological polar surface area (TPSA) is 156 Å². The molecule has 338 valence electrons. The van der Waals surface area contributed by atoms with E-state index >= 15 is 0 Å². The summed E-state index contributed by atoms with van der Waals surface area (Å²) >= 11 is 0. The summed E-state index contributed by atoms with van der Waals surface area (Å²) in [7, 11) is 0. The highest BCUT2D eigenvalue weighted by molar-refractivity contribution is 6.03. The van der Waals surface area contributed by atoms with E-state index in [1.807, 2.05) is 17.0 Å². The minimum Gasteiger partial charge on any atom is -0.492 e. The molecule has 7 rings (SSSR count). The molecule has 2 saturated carbocycles. The molecule has 5 aliphatic rings. The van der Waals surface area contributed by atoms with Crippen molar-refractivity contribution >= 4 is 17.3 Å². The number of hydrogen-bond acceptors (Lipinski definition) is 11. The second kappa shape index (κ2) is 21.9. The van der Waals surface area contributed by atoms with E-state index in [0.29, 0.717) is 50.5 Å². The number of non-ortho nitro benzene ring substituents is 1. The number of nitro benzene ring substituents is 1. The number of amides is 1. The quantitative estimate of drug-likeness (QED) is 0.0327. The minimum absolute atomic E-state index is 0.00526. The Hall–Kier alpha value is -4.30. The van der Waals surface area contributed by atoms with Gasteiger partial charge < -0.3 is 34.2 Å². The van der Waals surface area contributed by atoms with E-state index < -0.39 is 22.7 Å². The second-order valence-electron chi connectivity index (χ2n) is 17.9. The Morgan fingerprint density at radius 1 is 1.06 bits per heavy atom. The van der Waals surface area contributed by atoms with Crippen LogP contribution in [-0.2, 0) is 21.0 Å². The van der Waals surface area contributed by atoms with Crippen molar-refractivity contribution in [1.29, 1.82) is 0 Å². The zero-order valence-electron chi connectivity index (χ0n) is 36.7. The SMILES string of the molecule is C=CCOC12Oc3ccc(OCCN4CC4)cc3C3C(CCCCO)C(CCCCO)C=C(C(=NOCc4ccc([N+](=O)[O-])cc4)CC1N(CCC)C(=O)CCC1CCCC1)C32. The lowest BCUT2D eigenvalue weighted by molar-refractivity contribution is -0.384. The molecule has 2 aromatic carbocycles. The zero-order valence-corrected chi connectivity index (χ0v) is 36.7. The molecule has 0 spiro atoms. The molecular formula is C49H68N4O9. The molecule has 2 aliphatic heterocycles. The fourth-order valence-corrected chi connectivity index (χ4v) is 10.7. The average Bonchev–Trinajstić information content (AvgIpc) is 3.95. The molecule has 0 radical (unpaired) electrons. The summed E-state index contributed by atoms with van der Waals surface area (Å²) in [6.45, 7) is 10.9. The van der Waals surface area contributed by atoms with E-state index in [1.54, 1.807) is 18.2 Å². The van der Waals surface area contributed by atoms with E-state index in [2.05, 4.69) is 30.5 Å². The van der Waals surface area contributed by atoms with Crippen molar-refractivity contribution in [2.45, 2.75) is 121 Å². The molecule has 13 heteroatoms. The highest BCUT2D eigenvalue weighted by Gasteiger charge is 2.65. The van der Waals surface area contributed by atoms with Gasteiger partial charge in [0, 0.05) is 75.8 Å². The van der Waals surface area contributed by atoms with E-state index in [0.717, 1.165) is 86.3 Å². The van der Waals surface area contributed by atoms with Crippen molar-refractivity contribution in [3.63, 3.8) is 0 Å². The van der Waals surface area contributed by atoms with Crippen LogP contribution in [0.3, 0.4) is 0 Å². The zero-order chi connectivity index (χ0) is 43.5. The first kappa shape index (κ1) is 45.7. The normalized spacial score (nSPS) is 26.0. The molecule has 6 unspecified atom stereocenters. The molecule has 62 heavy (non-hydrogen) atoms. The fraction of sp³-hybridized carbons (Fsp3) is 0.633. The van der Waals surface area contributed by atoms with Gasteiger partial charge >= 0.3 is 0 Å². The summed E-state index contributed by atoms with van der Waals surface area (Å²) in [5.74, 6) is 0.486. The highest BCUT2D eigenvalue weighted by Crippen LogP contribution is 2.62. The Bertz CT molecular complexity index is 1880. The number of fused-ring (bicyclic) bond motifs is 2. The third-order valence-electron chi connectivity index (χ3n) is 13.8. The number of rotatable bonds is 25. The van der Waals surface area contributed by atoms with Gasteiger partial charge in [0.15, 0.2) is 0 Å². The van der Waals surface area contributed by atoms with Crippen LogP contribution >= 0.6 is 0 Å². The van der Waals surface area contributed by atoms with Crippen molar-refractivity contribution in [3.8, 4) is 11.5 Å². The summed E-state index contributed by atoms with van der Waals surface area (Å²) in [6.07, 6.45) is 16.0. The van der Waals surface area contributed by atoms with Crippen LogP contribution < -0.4 is 9.47 Å². The van der Waals surface area contributed by atoms with Gasteiger partial charge in [-0.1, -0.05) is 62.8 Å². The van der Waals surface area contributed by atoms with Crippen LogP contribution in [0.25, 0.3) is 0 Å². The number of unbranched alkanes of at least 4 members (excludes halogenated alkanes) is 2. The lowest BCUT2D eigenvalue weighted by atomic mass is 9.55. The fourth-order valence-electron chi connectivity index (χ4n) is 10.7. The number of oxime groups is 1. The Morgan fingerprint density at radius 3 is 2.52 bits per heavy atom. The number of nitrogens with zero attached hydrogens (tertiary/aromatic N) is 4. The van der Waals surface area contributed by atoms with Gasteiger partial charge in [0.2, 0.25) is 11.7 Å². The van der Waals surface area contributed by atoms with E-state index in [1.165, 1.54) is 37.8 Å². The smallest absolute Gasteiger partial charge is 0.269 e. The average molecular weight is 857 g/mol. The molecule has 1 amide bonds. The maximum atomic E-state index is 14.8. The first-order valence-corrected chi connectivity index (χ1v) is 23.4. The van der Waals surface area contributed by atoms with E-state index in [-0.39, 0.29) is 55.8 Å². The first-order chi connectivity index (χ1) is 30.3. The summed E-state index contributed by atoms with van der Waals surface area (Å²) in [5, 5.41) is 36.2. The summed E-state index contributed by atoms with van der Waals surface area (Å²) in [5.41, 5.74) is 3.48. The molecular weight excluding hydrogens is 789 g/mol. The van der Waals surface area contributed by atoms with Gasteiger partial charge in [0.1, 0.15) is 30.8 Å². The van der Waals surface area contributed by atoms with Gasteiger partial charge in [0.05, 0.1) is 23.2 Å². The van der Waals surface area contributed by atoms with Gasteiger partial charge in [-0.25, -0.2) is 0 Å². The molecule has 0 bridgehead atoms. The van der Waals surface area contributed by atoms with E-state index in [9.17, 15) is 25.1 Å². The van der Waals surface area contributed by atoms with Crippen molar-refractivity contribution in [1.82, 2.24) is 9.80 Å². The van der Waals surface area contributed by atoms with Crippen LogP contribution in [0.1, 0.15) is 114 Å². The Labute approximate surface area is 367 Å². The molecule has 6 atom stereocenters. The van der Waals surface area contributed by atoms with Crippen LogP contribution in [0.4, 0.5) is 5.69 Å². The van der Waals surface area contributed by atoms with Crippen molar-refractivity contribution in [3.05, 3.63) is 88.0 Å². The van der Waals surface area contributed by atoms with Crippen LogP contribution in [0, 0.1) is 33.8 Å². The Kier molecular flexibility index (Phi) is 16.1.